The van der Waals surface area contributed by atoms with Crippen molar-refractivity contribution in [2.75, 3.05) is 0 Å². The molecule has 0 N–H and O–H groups in total. The first-order valence-corrected chi connectivity index (χ1v) is 7.03. The summed E-state index contributed by atoms with van der Waals surface area (Å²) in [6.45, 7) is 2.61. The molecule has 3 aromatic rings. The Morgan fingerprint density at radius 3 is 2.52 bits per heavy atom. The lowest BCUT2D eigenvalue weighted by atomic mass is 10.1. The predicted molar refractivity (Wildman–Crippen MR) is 79.5 cm³/mol. The van der Waals surface area contributed by atoms with Gasteiger partial charge in [0.2, 0.25) is 0 Å². The summed E-state index contributed by atoms with van der Waals surface area (Å²) in [6.07, 6.45) is 4.29. The minimum atomic E-state index is -0.239. The first kappa shape index (κ1) is 13.4. The van der Waals surface area contributed by atoms with Gasteiger partial charge in [-0.1, -0.05) is 31.2 Å². The van der Waals surface area contributed by atoms with Crippen LogP contribution in [0.15, 0.2) is 59.7 Å². The highest BCUT2D eigenvalue weighted by atomic mass is 16.3. The van der Waals surface area contributed by atoms with Gasteiger partial charge in [-0.05, 0) is 23.6 Å². The topological polar surface area (TPSA) is 48.9 Å². The molecule has 0 aliphatic heterocycles. The van der Waals surface area contributed by atoms with Gasteiger partial charge in [0.05, 0.1) is 5.52 Å². The van der Waals surface area contributed by atoms with Crippen LogP contribution in [-0.4, -0.2) is 4.57 Å². The second kappa shape index (κ2) is 5.40. The molecule has 0 aliphatic carbocycles. The highest BCUT2D eigenvalue weighted by Crippen LogP contribution is 2.23. The minimum Gasteiger partial charge on any atom is -0.867 e. The van der Waals surface area contributed by atoms with E-state index < -0.39 is 0 Å². The minimum absolute atomic E-state index is 0.183. The zero-order valence-electron chi connectivity index (χ0n) is 11.8. The van der Waals surface area contributed by atoms with Crippen molar-refractivity contribution in [1.29, 1.82) is 0 Å². The predicted octanol–water partition coefficient (Wildman–Crippen LogP) is 1.76. The number of aryl methyl sites for hydroxylation is 1. The Bertz CT molecular complexity index is 839. The Morgan fingerprint density at radius 1 is 1.10 bits per heavy atom. The summed E-state index contributed by atoms with van der Waals surface area (Å²) in [5, 5.41) is 13.3. The van der Waals surface area contributed by atoms with Gasteiger partial charge in [-0.25, -0.2) is 0 Å². The molecule has 3 rings (SSSR count). The summed E-state index contributed by atoms with van der Waals surface area (Å²) < 4.78 is 3.29. The zero-order chi connectivity index (χ0) is 14.8. The van der Waals surface area contributed by atoms with E-state index in [0.29, 0.717) is 17.4 Å². The molecule has 0 unspecified atom stereocenters. The van der Waals surface area contributed by atoms with Crippen molar-refractivity contribution in [1.82, 2.24) is 4.57 Å². The first-order valence-electron chi connectivity index (χ1n) is 7.03. The van der Waals surface area contributed by atoms with Crippen LogP contribution >= 0.6 is 0 Å². The smallest absolute Gasteiger partial charge is 0.322 e. The largest absolute Gasteiger partial charge is 0.867 e. The van der Waals surface area contributed by atoms with Gasteiger partial charge in [0.15, 0.2) is 12.4 Å². The standard InChI is InChI=1S/C17H16N2O2/c1-2-10-19-14-9-5-4-8-13(14)16(20)15(17(19)21)18-11-6-3-7-12-18/h3-9,11-12H,2,10H2,1H3. The average molecular weight is 280 g/mol. The van der Waals surface area contributed by atoms with Crippen molar-refractivity contribution in [3.63, 3.8) is 0 Å². The molecule has 0 spiro atoms. The van der Waals surface area contributed by atoms with Crippen LogP contribution in [0.1, 0.15) is 13.3 Å². The second-order valence-electron chi connectivity index (χ2n) is 4.93. The fourth-order valence-corrected chi connectivity index (χ4v) is 2.58. The molecule has 4 nitrogen and oxygen atoms in total. The van der Waals surface area contributed by atoms with E-state index in [1.807, 2.05) is 31.2 Å². The van der Waals surface area contributed by atoms with Crippen LogP contribution in [0, 0.1) is 0 Å². The lowest BCUT2D eigenvalue weighted by Crippen LogP contribution is -2.40. The SMILES string of the molecule is CCCn1c(=O)c(-[n+]2ccccc2)c([O-])c2ccccc21. The number of nitrogens with zero attached hydrogens (tertiary/aromatic N) is 2. The molecule has 2 aromatic heterocycles. The van der Waals surface area contributed by atoms with Crippen molar-refractivity contribution in [3.8, 4) is 11.4 Å². The third kappa shape index (κ3) is 2.18. The normalized spacial score (nSPS) is 10.9. The van der Waals surface area contributed by atoms with Crippen molar-refractivity contribution in [2.24, 2.45) is 0 Å². The molecule has 0 bridgehead atoms. The monoisotopic (exact) mass is 280 g/mol. The summed E-state index contributed by atoms with van der Waals surface area (Å²) in [5.41, 5.74) is 0.647. The summed E-state index contributed by atoms with van der Waals surface area (Å²) >= 11 is 0. The van der Waals surface area contributed by atoms with E-state index >= 15 is 0 Å². The number of pyridine rings is 2. The molecule has 0 aliphatic rings. The fourth-order valence-electron chi connectivity index (χ4n) is 2.58. The van der Waals surface area contributed by atoms with Gasteiger partial charge < -0.3 is 9.67 Å². The summed E-state index contributed by atoms with van der Waals surface area (Å²) in [7, 11) is 0. The Hall–Kier alpha value is -2.62. The van der Waals surface area contributed by atoms with Crippen LogP contribution in [0.25, 0.3) is 16.6 Å². The lowest BCUT2D eigenvalue weighted by Gasteiger charge is -2.16. The Labute approximate surface area is 122 Å². The van der Waals surface area contributed by atoms with Crippen LogP contribution in [-0.2, 0) is 6.54 Å². The van der Waals surface area contributed by atoms with E-state index in [2.05, 4.69) is 0 Å². The van der Waals surface area contributed by atoms with Gasteiger partial charge in [0, 0.05) is 18.7 Å². The first-order chi connectivity index (χ1) is 10.2. The van der Waals surface area contributed by atoms with Gasteiger partial charge in [0.1, 0.15) is 0 Å². The van der Waals surface area contributed by atoms with Gasteiger partial charge in [-0.15, -0.1) is 0 Å². The number of hydrogen-bond acceptors (Lipinski definition) is 2. The van der Waals surface area contributed by atoms with Crippen molar-refractivity contribution in [3.05, 3.63) is 65.2 Å². The van der Waals surface area contributed by atoms with Crippen LogP contribution in [0.2, 0.25) is 0 Å². The molecule has 0 fully saturated rings. The van der Waals surface area contributed by atoms with E-state index in [4.69, 9.17) is 0 Å². The fraction of sp³-hybridized carbons (Fsp3) is 0.176. The van der Waals surface area contributed by atoms with Crippen molar-refractivity contribution < 1.29 is 9.67 Å². The highest BCUT2D eigenvalue weighted by Gasteiger charge is 2.18. The second-order valence-corrected chi connectivity index (χ2v) is 4.93. The number of hydrogen-bond donors (Lipinski definition) is 0. The summed E-state index contributed by atoms with van der Waals surface area (Å²) in [6, 6.07) is 12.7. The van der Waals surface area contributed by atoms with E-state index in [-0.39, 0.29) is 17.0 Å². The Kier molecular flexibility index (Phi) is 3.44. The number of aromatic nitrogens is 2. The molecular weight excluding hydrogens is 264 g/mol. The quantitative estimate of drug-likeness (QED) is 0.686. The molecule has 0 amide bonds. The van der Waals surface area contributed by atoms with Crippen LogP contribution in [0.3, 0.4) is 0 Å². The summed E-state index contributed by atoms with van der Waals surface area (Å²) in [5.74, 6) is -0.223. The molecule has 0 atom stereocenters. The summed E-state index contributed by atoms with van der Waals surface area (Å²) in [4.78, 5) is 12.7. The van der Waals surface area contributed by atoms with E-state index in [1.165, 1.54) is 0 Å². The Morgan fingerprint density at radius 2 is 1.81 bits per heavy atom. The van der Waals surface area contributed by atoms with Crippen molar-refractivity contribution in [2.45, 2.75) is 19.9 Å². The zero-order valence-corrected chi connectivity index (χ0v) is 11.8. The van der Waals surface area contributed by atoms with Gasteiger partial charge in [0.25, 0.3) is 5.69 Å². The van der Waals surface area contributed by atoms with Crippen LogP contribution < -0.4 is 15.2 Å². The molecule has 1 aromatic carbocycles. The molecular formula is C17H16N2O2. The average Bonchev–Trinajstić information content (AvgIpc) is 2.53. The third-order valence-corrected chi connectivity index (χ3v) is 3.52. The van der Waals surface area contributed by atoms with Gasteiger partial charge in [-0.2, -0.15) is 4.57 Å². The number of benzene rings is 1. The number of fused-ring (bicyclic) bond motifs is 1. The van der Waals surface area contributed by atoms with E-state index in [0.717, 1.165) is 6.42 Å². The van der Waals surface area contributed by atoms with Gasteiger partial charge in [-0.3, -0.25) is 4.79 Å². The molecule has 21 heavy (non-hydrogen) atoms. The van der Waals surface area contributed by atoms with E-state index in [1.54, 1.807) is 39.7 Å². The number of para-hydroxylation sites is 1. The highest BCUT2D eigenvalue weighted by molar-refractivity contribution is 5.87. The molecule has 106 valence electrons. The number of rotatable bonds is 3. The molecule has 4 heteroatoms. The third-order valence-electron chi connectivity index (χ3n) is 3.52. The maximum absolute atomic E-state index is 12.7. The molecule has 0 saturated carbocycles. The van der Waals surface area contributed by atoms with Crippen LogP contribution in [0.5, 0.6) is 5.75 Å². The van der Waals surface area contributed by atoms with Crippen LogP contribution in [0.4, 0.5) is 0 Å². The molecule has 2 heterocycles. The Balaban J connectivity index is 2.43. The maximum atomic E-state index is 12.7. The lowest BCUT2D eigenvalue weighted by molar-refractivity contribution is -0.601. The van der Waals surface area contributed by atoms with E-state index in [9.17, 15) is 9.90 Å². The van der Waals surface area contributed by atoms with Crippen molar-refractivity contribution >= 4 is 10.9 Å². The molecule has 0 saturated heterocycles. The maximum Gasteiger partial charge on any atom is 0.322 e. The van der Waals surface area contributed by atoms with Gasteiger partial charge >= 0.3 is 5.56 Å². The molecule has 0 radical (unpaired) electrons.